The number of aromatic nitrogens is 3. The van der Waals surface area contributed by atoms with Gasteiger partial charge < -0.3 is 5.73 Å². The van der Waals surface area contributed by atoms with E-state index in [0.29, 0.717) is 16.5 Å². The summed E-state index contributed by atoms with van der Waals surface area (Å²) in [6.45, 7) is 4.03. The normalized spacial score (nSPS) is 10.5. The second-order valence-corrected chi connectivity index (χ2v) is 7.17. The van der Waals surface area contributed by atoms with Gasteiger partial charge in [0.15, 0.2) is 0 Å². The number of nitrogens with zero attached hydrogens (tertiary/aromatic N) is 3. The summed E-state index contributed by atoms with van der Waals surface area (Å²) in [4.78, 5) is 27.0. The largest absolute Gasteiger partial charge is 0.351 e. The minimum atomic E-state index is -0.889. The summed E-state index contributed by atoms with van der Waals surface area (Å²) in [5.74, 6) is -0.553. The van der Waals surface area contributed by atoms with E-state index in [4.69, 9.17) is 5.73 Å². The molecule has 0 radical (unpaired) electrons. The van der Waals surface area contributed by atoms with Crippen molar-refractivity contribution in [2.75, 3.05) is 5.75 Å². The second-order valence-electron chi connectivity index (χ2n) is 6.22. The van der Waals surface area contributed by atoms with Crippen molar-refractivity contribution in [3.05, 3.63) is 59.7 Å². The number of hydrogen-bond acceptors (Lipinski definition) is 6. The van der Waals surface area contributed by atoms with Crippen LogP contribution in [0.5, 0.6) is 0 Å². The number of urea groups is 1. The third-order valence-corrected chi connectivity index (χ3v) is 4.75. The predicted octanol–water partition coefficient (Wildman–Crippen LogP) is 3.11. The summed E-state index contributed by atoms with van der Waals surface area (Å²) < 4.78 is 0. The summed E-state index contributed by atoms with van der Waals surface area (Å²) in [5, 5.41) is 10.8. The molecule has 0 unspecified atom stereocenters. The third kappa shape index (κ3) is 4.92. The number of nitrogens with two attached hydrogens (primary N) is 1. The van der Waals surface area contributed by atoms with Crippen molar-refractivity contribution in [1.29, 1.82) is 0 Å². The molecule has 7 nitrogen and oxygen atoms in total. The van der Waals surface area contributed by atoms with Crippen molar-refractivity contribution in [2.24, 2.45) is 5.73 Å². The number of nitrogens with one attached hydrogen (secondary N) is 1. The minimum absolute atomic E-state index is 0.0398. The first-order chi connectivity index (χ1) is 13.4. The maximum Gasteiger partial charge on any atom is 0.318 e. The maximum atomic E-state index is 11.6. The Kier molecular flexibility index (Phi) is 6.00. The number of rotatable bonds is 5. The Morgan fingerprint density at radius 2 is 1.43 bits per heavy atom. The maximum absolute atomic E-state index is 11.6. The average Bonchev–Trinajstić information content (AvgIpc) is 2.67. The Bertz CT molecular complexity index is 1000. The molecule has 0 spiro atoms. The van der Waals surface area contributed by atoms with E-state index < -0.39 is 11.9 Å². The molecular weight excluding hydrogens is 374 g/mol. The van der Waals surface area contributed by atoms with Gasteiger partial charge in [0.2, 0.25) is 11.1 Å². The Morgan fingerprint density at radius 1 is 0.893 bits per heavy atom. The smallest absolute Gasteiger partial charge is 0.318 e. The van der Waals surface area contributed by atoms with Gasteiger partial charge in [-0.25, -0.2) is 9.78 Å². The molecule has 0 saturated heterocycles. The molecule has 3 aromatic rings. The van der Waals surface area contributed by atoms with Gasteiger partial charge in [-0.15, -0.1) is 10.2 Å². The Balaban J connectivity index is 1.96. The molecule has 3 N–H and O–H groups in total. The van der Waals surface area contributed by atoms with Crippen LogP contribution in [0.1, 0.15) is 11.1 Å². The van der Waals surface area contributed by atoms with Crippen LogP contribution in [0, 0.1) is 13.8 Å². The first-order valence-electron chi connectivity index (χ1n) is 8.53. The number of imide groups is 1. The van der Waals surface area contributed by atoms with Gasteiger partial charge in [0, 0.05) is 11.1 Å². The zero-order valence-electron chi connectivity index (χ0n) is 15.5. The van der Waals surface area contributed by atoms with Crippen LogP contribution in [0.2, 0.25) is 0 Å². The molecular formula is C20H19N5O2S. The topological polar surface area (TPSA) is 111 Å². The highest BCUT2D eigenvalue weighted by Gasteiger charge is 2.15. The molecule has 3 amide bonds. The molecule has 3 rings (SSSR count). The first kappa shape index (κ1) is 19.5. The molecule has 0 saturated carbocycles. The first-order valence-corrected chi connectivity index (χ1v) is 9.52. The summed E-state index contributed by atoms with van der Waals surface area (Å²) in [6.07, 6.45) is 0. The number of amides is 3. The number of carbonyl (C=O) groups excluding carboxylic acids is 2. The van der Waals surface area contributed by atoms with E-state index in [1.807, 2.05) is 67.7 Å². The minimum Gasteiger partial charge on any atom is -0.351 e. The van der Waals surface area contributed by atoms with E-state index >= 15 is 0 Å². The summed E-state index contributed by atoms with van der Waals surface area (Å²) >= 11 is 1.08. The lowest BCUT2D eigenvalue weighted by molar-refractivity contribution is -0.117. The van der Waals surface area contributed by atoms with Gasteiger partial charge in [-0.2, -0.15) is 0 Å². The SMILES string of the molecule is Cc1ccc(-c2nnc(SCC(=O)NC(N)=O)nc2-c2ccc(C)cc2)cc1. The lowest BCUT2D eigenvalue weighted by Crippen LogP contribution is -2.36. The van der Waals surface area contributed by atoms with Gasteiger partial charge in [0.1, 0.15) is 11.4 Å². The standard InChI is InChI=1S/C20H19N5O2S/c1-12-3-7-14(8-4-12)17-18(15-9-5-13(2)6-10-15)24-25-20(23-17)28-11-16(26)22-19(21)27/h3-10H,11H2,1-2H3,(H3,21,22,26,27). The fourth-order valence-corrected chi connectivity index (χ4v) is 3.08. The van der Waals surface area contributed by atoms with Crippen molar-refractivity contribution >= 4 is 23.7 Å². The summed E-state index contributed by atoms with van der Waals surface area (Å²) in [7, 11) is 0. The van der Waals surface area contributed by atoms with E-state index in [1.54, 1.807) is 0 Å². The number of hydrogen-bond donors (Lipinski definition) is 2. The molecule has 142 valence electrons. The van der Waals surface area contributed by atoms with Crippen LogP contribution in [0.25, 0.3) is 22.5 Å². The molecule has 2 aromatic carbocycles. The number of aryl methyl sites for hydroxylation is 2. The fourth-order valence-electron chi connectivity index (χ4n) is 2.49. The Hall–Kier alpha value is -3.26. The van der Waals surface area contributed by atoms with Gasteiger partial charge in [0.25, 0.3) is 0 Å². The van der Waals surface area contributed by atoms with Crippen LogP contribution in [-0.4, -0.2) is 32.9 Å². The molecule has 8 heteroatoms. The number of carbonyl (C=O) groups is 2. The Labute approximate surface area is 166 Å². The van der Waals surface area contributed by atoms with Crippen molar-refractivity contribution < 1.29 is 9.59 Å². The third-order valence-electron chi connectivity index (χ3n) is 3.91. The monoisotopic (exact) mass is 393 g/mol. The highest BCUT2D eigenvalue weighted by molar-refractivity contribution is 7.99. The van der Waals surface area contributed by atoms with Crippen LogP contribution in [0.15, 0.2) is 53.7 Å². The molecule has 0 aliphatic heterocycles. The van der Waals surface area contributed by atoms with Gasteiger partial charge in [-0.05, 0) is 13.8 Å². The van der Waals surface area contributed by atoms with Gasteiger partial charge in [0.05, 0.1) is 5.75 Å². The van der Waals surface area contributed by atoms with Crippen molar-refractivity contribution in [1.82, 2.24) is 20.5 Å². The van der Waals surface area contributed by atoms with Crippen LogP contribution in [0.4, 0.5) is 4.79 Å². The van der Waals surface area contributed by atoms with Crippen LogP contribution >= 0.6 is 11.8 Å². The zero-order valence-corrected chi connectivity index (χ0v) is 16.3. The second kappa shape index (κ2) is 8.62. The quantitative estimate of drug-likeness (QED) is 0.644. The average molecular weight is 393 g/mol. The van der Waals surface area contributed by atoms with E-state index in [1.165, 1.54) is 0 Å². The molecule has 0 bridgehead atoms. The van der Waals surface area contributed by atoms with Crippen molar-refractivity contribution in [3.63, 3.8) is 0 Å². The molecule has 0 atom stereocenters. The molecule has 1 heterocycles. The van der Waals surface area contributed by atoms with E-state index in [-0.39, 0.29) is 5.75 Å². The highest BCUT2D eigenvalue weighted by Crippen LogP contribution is 2.30. The zero-order chi connectivity index (χ0) is 20.1. The van der Waals surface area contributed by atoms with Gasteiger partial charge in [-0.1, -0.05) is 71.4 Å². The van der Waals surface area contributed by atoms with Crippen LogP contribution in [-0.2, 0) is 4.79 Å². The number of benzene rings is 2. The lowest BCUT2D eigenvalue weighted by Gasteiger charge is -2.10. The fraction of sp³-hybridized carbons (Fsp3) is 0.150. The lowest BCUT2D eigenvalue weighted by atomic mass is 10.0. The Morgan fingerprint density at radius 3 is 1.96 bits per heavy atom. The molecule has 0 fully saturated rings. The number of primary amides is 1. The summed E-state index contributed by atoms with van der Waals surface area (Å²) in [6, 6.07) is 15.0. The van der Waals surface area contributed by atoms with Gasteiger partial charge in [-0.3, -0.25) is 10.1 Å². The van der Waals surface area contributed by atoms with Crippen molar-refractivity contribution in [3.8, 4) is 22.5 Å². The highest BCUT2D eigenvalue weighted by atomic mass is 32.2. The predicted molar refractivity (Wildman–Crippen MR) is 109 cm³/mol. The van der Waals surface area contributed by atoms with E-state index in [2.05, 4.69) is 15.2 Å². The molecule has 0 aliphatic rings. The summed E-state index contributed by atoms with van der Waals surface area (Å²) in [5.41, 5.74) is 10.4. The van der Waals surface area contributed by atoms with E-state index in [9.17, 15) is 9.59 Å². The van der Waals surface area contributed by atoms with Crippen molar-refractivity contribution in [2.45, 2.75) is 19.0 Å². The van der Waals surface area contributed by atoms with E-state index in [0.717, 1.165) is 34.0 Å². The van der Waals surface area contributed by atoms with Crippen LogP contribution < -0.4 is 11.1 Å². The molecule has 0 aliphatic carbocycles. The van der Waals surface area contributed by atoms with Crippen LogP contribution in [0.3, 0.4) is 0 Å². The number of thioether (sulfide) groups is 1. The molecule has 1 aromatic heterocycles. The van der Waals surface area contributed by atoms with Gasteiger partial charge >= 0.3 is 6.03 Å². The molecule has 28 heavy (non-hydrogen) atoms.